The fourth-order valence-electron chi connectivity index (χ4n) is 1.93. The van der Waals surface area contributed by atoms with Gasteiger partial charge in [0.25, 0.3) is 0 Å². The van der Waals surface area contributed by atoms with Gasteiger partial charge in [-0.1, -0.05) is 13.0 Å². The summed E-state index contributed by atoms with van der Waals surface area (Å²) in [4.78, 5) is 4.13. The quantitative estimate of drug-likeness (QED) is 0.830. The minimum atomic E-state index is -0.123. The molecule has 0 aliphatic heterocycles. The van der Waals surface area contributed by atoms with Crippen LogP contribution in [0.25, 0.3) is 0 Å². The average Bonchev–Trinajstić information content (AvgIpc) is 2.50. The highest BCUT2D eigenvalue weighted by atomic mass is 16.5. The number of nitrogens with one attached hydrogen (secondary N) is 1. The fraction of sp³-hybridized carbons (Fsp3) is 0.357. The molecule has 0 aromatic carbocycles. The summed E-state index contributed by atoms with van der Waals surface area (Å²) in [5.41, 5.74) is 7.66. The smallest absolute Gasteiger partial charge is 0.233 e. The van der Waals surface area contributed by atoms with Gasteiger partial charge in [0.1, 0.15) is 5.82 Å². The number of methoxy groups -OCH3 is 1. The van der Waals surface area contributed by atoms with E-state index in [-0.39, 0.29) is 6.04 Å². The van der Waals surface area contributed by atoms with Crippen LogP contribution in [0.4, 0.5) is 5.82 Å². The summed E-state index contributed by atoms with van der Waals surface area (Å²) < 4.78 is 5.03. The first-order chi connectivity index (χ1) is 9.76. The lowest BCUT2D eigenvalue weighted by Gasteiger charge is -2.19. The number of nitrogen functional groups attached to an aromatic ring is 1. The molecule has 0 aliphatic rings. The predicted molar refractivity (Wildman–Crippen MR) is 77.4 cm³/mol. The zero-order chi connectivity index (χ0) is 14.4. The molecule has 2 heterocycles. The Labute approximate surface area is 118 Å². The Hall–Kier alpha value is -2.21. The number of nitrogens with two attached hydrogens (primary N) is 1. The monoisotopic (exact) mass is 273 g/mol. The zero-order valence-electron chi connectivity index (χ0n) is 11.7. The van der Waals surface area contributed by atoms with Gasteiger partial charge in [-0.05, 0) is 25.1 Å². The van der Waals surface area contributed by atoms with Crippen molar-refractivity contribution in [3.63, 3.8) is 0 Å². The maximum absolute atomic E-state index is 5.96. The lowest BCUT2D eigenvalue weighted by molar-refractivity contribution is 0.390. The van der Waals surface area contributed by atoms with Gasteiger partial charge >= 0.3 is 0 Å². The van der Waals surface area contributed by atoms with E-state index in [4.69, 9.17) is 10.5 Å². The Balaban J connectivity index is 2.33. The third kappa shape index (κ3) is 3.21. The zero-order valence-corrected chi connectivity index (χ0v) is 11.7. The normalized spacial score (nSPS) is 12.1. The second-order valence-corrected chi connectivity index (χ2v) is 4.37. The third-order valence-electron chi connectivity index (χ3n) is 2.95. The number of pyridine rings is 1. The van der Waals surface area contributed by atoms with Gasteiger partial charge in [-0.25, -0.2) is 4.98 Å². The molecule has 2 aromatic heterocycles. The van der Waals surface area contributed by atoms with E-state index in [0.717, 1.165) is 24.2 Å². The van der Waals surface area contributed by atoms with Crippen LogP contribution in [0.1, 0.15) is 30.6 Å². The Bertz CT molecular complexity index is 544. The maximum Gasteiger partial charge on any atom is 0.233 e. The van der Waals surface area contributed by atoms with Crippen LogP contribution in [0.15, 0.2) is 30.5 Å². The Kier molecular flexibility index (Phi) is 4.84. The van der Waals surface area contributed by atoms with Crippen molar-refractivity contribution in [3.05, 3.63) is 41.7 Å². The fourth-order valence-corrected chi connectivity index (χ4v) is 1.93. The Morgan fingerprint density at radius 3 is 2.75 bits per heavy atom. The number of nitrogens with zero attached hydrogens (tertiary/aromatic N) is 3. The summed E-state index contributed by atoms with van der Waals surface area (Å²) >= 11 is 0. The SMILES string of the molecule is CCCNC(c1ccc(OC)nn1)c1cccnc1N. The number of hydrogen-bond acceptors (Lipinski definition) is 6. The lowest BCUT2D eigenvalue weighted by Crippen LogP contribution is -2.25. The molecule has 6 heteroatoms. The molecule has 106 valence electrons. The van der Waals surface area contributed by atoms with E-state index in [1.807, 2.05) is 18.2 Å². The molecule has 20 heavy (non-hydrogen) atoms. The van der Waals surface area contributed by atoms with E-state index in [1.54, 1.807) is 19.4 Å². The van der Waals surface area contributed by atoms with Crippen LogP contribution >= 0.6 is 0 Å². The molecule has 0 fully saturated rings. The largest absolute Gasteiger partial charge is 0.480 e. The van der Waals surface area contributed by atoms with Crippen LogP contribution in [-0.2, 0) is 0 Å². The van der Waals surface area contributed by atoms with Gasteiger partial charge in [0, 0.05) is 17.8 Å². The first-order valence-corrected chi connectivity index (χ1v) is 6.57. The maximum atomic E-state index is 5.96. The van der Waals surface area contributed by atoms with Gasteiger partial charge in [0.05, 0.1) is 18.8 Å². The standard InChI is InChI=1S/C14H19N5O/c1-3-8-16-13(10-5-4-9-17-14(10)15)11-6-7-12(20-2)19-18-11/h4-7,9,13,16H,3,8H2,1-2H3,(H2,15,17). The minimum absolute atomic E-state index is 0.123. The highest BCUT2D eigenvalue weighted by Gasteiger charge is 2.18. The molecule has 0 amide bonds. The third-order valence-corrected chi connectivity index (χ3v) is 2.95. The molecule has 3 N–H and O–H groups in total. The van der Waals surface area contributed by atoms with Crippen molar-refractivity contribution in [2.45, 2.75) is 19.4 Å². The average molecular weight is 273 g/mol. The molecule has 2 rings (SSSR count). The Morgan fingerprint density at radius 1 is 1.30 bits per heavy atom. The van der Waals surface area contributed by atoms with Crippen LogP contribution in [0.5, 0.6) is 5.88 Å². The highest BCUT2D eigenvalue weighted by Crippen LogP contribution is 2.24. The molecule has 1 unspecified atom stereocenters. The lowest BCUT2D eigenvalue weighted by atomic mass is 10.0. The number of anilines is 1. The molecule has 0 saturated heterocycles. The molecule has 0 radical (unpaired) electrons. The molecular weight excluding hydrogens is 254 g/mol. The minimum Gasteiger partial charge on any atom is -0.480 e. The van der Waals surface area contributed by atoms with E-state index >= 15 is 0 Å². The Morgan fingerprint density at radius 2 is 2.15 bits per heavy atom. The molecule has 0 spiro atoms. The highest BCUT2D eigenvalue weighted by molar-refractivity contribution is 5.44. The second-order valence-electron chi connectivity index (χ2n) is 4.37. The molecule has 1 atom stereocenters. The van der Waals surface area contributed by atoms with Gasteiger partial charge < -0.3 is 15.8 Å². The van der Waals surface area contributed by atoms with Gasteiger partial charge in [0.2, 0.25) is 5.88 Å². The van der Waals surface area contributed by atoms with Crippen LogP contribution in [0.2, 0.25) is 0 Å². The van der Waals surface area contributed by atoms with E-state index in [2.05, 4.69) is 27.4 Å². The number of ether oxygens (including phenoxy) is 1. The van der Waals surface area contributed by atoms with Crippen molar-refractivity contribution in [2.75, 3.05) is 19.4 Å². The van der Waals surface area contributed by atoms with Gasteiger partial charge in [-0.15, -0.1) is 10.2 Å². The second kappa shape index (κ2) is 6.81. The molecule has 0 saturated carbocycles. The van der Waals surface area contributed by atoms with Crippen molar-refractivity contribution in [3.8, 4) is 5.88 Å². The summed E-state index contributed by atoms with van der Waals surface area (Å²) in [5, 5.41) is 11.6. The topological polar surface area (TPSA) is 86.0 Å². The van der Waals surface area contributed by atoms with Gasteiger partial charge in [0.15, 0.2) is 0 Å². The van der Waals surface area contributed by atoms with Gasteiger partial charge in [-0.2, -0.15) is 0 Å². The molecule has 0 bridgehead atoms. The summed E-state index contributed by atoms with van der Waals surface area (Å²) in [6.45, 7) is 2.96. The van der Waals surface area contributed by atoms with Crippen molar-refractivity contribution in [1.82, 2.24) is 20.5 Å². The number of rotatable bonds is 6. The van der Waals surface area contributed by atoms with Crippen molar-refractivity contribution < 1.29 is 4.74 Å². The van der Waals surface area contributed by atoms with E-state index in [1.165, 1.54) is 0 Å². The van der Waals surface area contributed by atoms with Crippen molar-refractivity contribution >= 4 is 5.82 Å². The summed E-state index contributed by atoms with van der Waals surface area (Å²) in [7, 11) is 1.57. The predicted octanol–water partition coefficient (Wildman–Crippen LogP) is 1.55. The first-order valence-electron chi connectivity index (χ1n) is 6.57. The van der Waals surface area contributed by atoms with E-state index < -0.39 is 0 Å². The van der Waals surface area contributed by atoms with E-state index in [0.29, 0.717) is 11.7 Å². The van der Waals surface area contributed by atoms with E-state index in [9.17, 15) is 0 Å². The summed E-state index contributed by atoms with van der Waals surface area (Å²) in [6, 6.07) is 7.36. The van der Waals surface area contributed by atoms with Crippen molar-refractivity contribution in [1.29, 1.82) is 0 Å². The molecule has 6 nitrogen and oxygen atoms in total. The van der Waals surface area contributed by atoms with Gasteiger partial charge in [-0.3, -0.25) is 0 Å². The van der Waals surface area contributed by atoms with Crippen LogP contribution in [0.3, 0.4) is 0 Å². The van der Waals surface area contributed by atoms with Crippen LogP contribution in [0, 0.1) is 0 Å². The van der Waals surface area contributed by atoms with Crippen LogP contribution < -0.4 is 15.8 Å². The number of hydrogen-bond donors (Lipinski definition) is 2. The van der Waals surface area contributed by atoms with Crippen molar-refractivity contribution in [2.24, 2.45) is 0 Å². The first kappa shape index (κ1) is 14.2. The molecule has 0 aliphatic carbocycles. The molecule has 2 aromatic rings. The number of aromatic nitrogens is 3. The summed E-state index contributed by atoms with van der Waals surface area (Å²) in [6.07, 6.45) is 2.69. The molecular formula is C14H19N5O. The van der Waals surface area contributed by atoms with Crippen LogP contribution in [-0.4, -0.2) is 28.8 Å². The summed E-state index contributed by atoms with van der Waals surface area (Å²) in [5.74, 6) is 0.987.